The van der Waals surface area contributed by atoms with E-state index in [9.17, 15) is 0 Å². The lowest BCUT2D eigenvalue weighted by molar-refractivity contribution is -0.0389. The van der Waals surface area contributed by atoms with Crippen LogP contribution in [0.15, 0.2) is 65.3 Å². The van der Waals surface area contributed by atoms with Crippen molar-refractivity contribution in [1.82, 2.24) is 15.1 Å². The number of hydrogen-bond acceptors (Lipinski definition) is 6. The SMILES string of the molecule is c1ccc(-c2nc(-c3nccc4ccccc34)no2)c(COC2CCOCC2)c1. The second kappa shape index (κ2) is 8.11. The molecule has 1 aliphatic rings. The normalized spacial score (nSPS) is 15.0. The van der Waals surface area contributed by atoms with Crippen molar-refractivity contribution in [2.45, 2.75) is 25.6 Å². The number of hydrogen-bond donors (Lipinski definition) is 0. The Balaban J connectivity index is 1.43. The molecule has 5 rings (SSSR count). The Morgan fingerprint density at radius 2 is 1.79 bits per heavy atom. The summed E-state index contributed by atoms with van der Waals surface area (Å²) < 4.78 is 17.1. The average molecular weight is 387 g/mol. The lowest BCUT2D eigenvalue weighted by atomic mass is 10.1. The summed E-state index contributed by atoms with van der Waals surface area (Å²) in [6, 6.07) is 18.0. The van der Waals surface area contributed by atoms with Crippen LogP contribution in [-0.2, 0) is 16.1 Å². The first kappa shape index (κ1) is 18.0. The summed E-state index contributed by atoms with van der Waals surface area (Å²) in [5.74, 6) is 0.956. The average Bonchev–Trinajstić information content (AvgIpc) is 3.28. The fourth-order valence-corrected chi connectivity index (χ4v) is 3.63. The molecule has 1 fully saturated rings. The number of aromatic nitrogens is 3. The summed E-state index contributed by atoms with van der Waals surface area (Å²) in [7, 11) is 0. The Hall–Kier alpha value is -3.09. The predicted octanol–water partition coefficient (Wildman–Crippen LogP) is 4.65. The molecule has 0 amide bonds. The van der Waals surface area contributed by atoms with Gasteiger partial charge in [-0.05, 0) is 35.9 Å². The quantitative estimate of drug-likeness (QED) is 0.497. The van der Waals surface area contributed by atoms with Gasteiger partial charge in [0.25, 0.3) is 5.89 Å². The van der Waals surface area contributed by atoms with Crippen molar-refractivity contribution in [3.8, 4) is 23.0 Å². The highest BCUT2D eigenvalue weighted by Crippen LogP contribution is 2.28. The van der Waals surface area contributed by atoms with E-state index >= 15 is 0 Å². The van der Waals surface area contributed by atoms with Gasteiger partial charge in [-0.3, -0.25) is 4.98 Å². The number of rotatable bonds is 5. The van der Waals surface area contributed by atoms with Crippen LogP contribution < -0.4 is 0 Å². The fraction of sp³-hybridized carbons (Fsp3) is 0.261. The summed E-state index contributed by atoms with van der Waals surface area (Å²) in [5, 5.41) is 6.29. The highest BCUT2D eigenvalue weighted by Gasteiger charge is 2.18. The van der Waals surface area contributed by atoms with E-state index in [-0.39, 0.29) is 6.10 Å². The minimum Gasteiger partial charge on any atom is -0.381 e. The van der Waals surface area contributed by atoms with E-state index in [1.807, 2.05) is 54.6 Å². The van der Waals surface area contributed by atoms with Crippen LogP contribution in [0.1, 0.15) is 18.4 Å². The van der Waals surface area contributed by atoms with Crippen molar-refractivity contribution in [2.75, 3.05) is 13.2 Å². The van der Waals surface area contributed by atoms with E-state index in [0.717, 1.165) is 48.0 Å². The van der Waals surface area contributed by atoms with E-state index in [4.69, 9.17) is 14.0 Å². The zero-order chi connectivity index (χ0) is 19.5. The van der Waals surface area contributed by atoms with Gasteiger partial charge < -0.3 is 14.0 Å². The fourth-order valence-electron chi connectivity index (χ4n) is 3.63. The molecule has 0 radical (unpaired) electrons. The second-order valence-electron chi connectivity index (χ2n) is 7.08. The van der Waals surface area contributed by atoms with E-state index < -0.39 is 0 Å². The molecule has 0 unspecified atom stereocenters. The summed E-state index contributed by atoms with van der Waals surface area (Å²) in [5.41, 5.74) is 2.63. The van der Waals surface area contributed by atoms with Gasteiger partial charge in [-0.1, -0.05) is 47.6 Å². The van der Waals surface area contributed by atoms with E-state index in [0.29, 0.717) is 24.0 Å². The van der Waals surface area contributed by atoms with Gasteiger partial charge in [-0.15, -0.1) is 0 Å². The van der Waals surface area contributed by atoms with Gasteiger partial charge in [0, 0.05) is 30.4 Å². The van der Waals surface area contributed by atoms with Crippen LogP contribution >= 0.6 is 0 Å². The molecular weight excluding hydrogens is 366 g/mol. The van der Waals surface area contributed by atoms with Crippen molar-refractivity contribution in [1.29, 1.82) is 0 Å². The first-order chi connectivity index (χ1) is 14.4. The largest absolute Gasteiger partial charge is 0.381 e. The molecule has 0 atom stereocenters. The third-order valence-electron chi connectivity index (χ3n) is 5.20. The minimum atomic E-state index is 0.231. The van der Waals surface area contributed by atoms with Gasteiger partial charge in [-0.25, -0.2) is 0 Å². The number of pyridine rings is 1. The molecule has 0 spiro atoms. The van der Waals surface area contributed by atoms with Gasteiger partial charge in [0.2, 0.25) is 5.82 Å². The van der Waals surface area contributed by atoms with E-state index in [1.54, 1.807) is 6.20 Å². The number of ether oxygens (including phenoxy) is 2. The van der Waals surface area contributed by atoms with Crippen molar-refractivity contribution >= 4 is 10.8 Å². The second-order valence-corrected chi connectivity index (χ2v) is 7.08. The monoisotopic (exact) mass is 387 g/mol. The molecule has 0 bridgehead atoms. The lowest BCUT2D eigenvalue weighted by Crippen LogP contribution is -2.23. The molecule has 2 aromatic heterocycles. The molecule has 4 aromatic rings. The van der Waals surface area contributed by atoms with E-state index in [2.05, 4.69) is 15.1 Å². The Morgan fingerprint density at radius 1 is 0.966 bits per heavy atom. The van der Waals surface area contributed by atoms with Gasteiger partial charge >= 0.3 is 0 Å². The standard InChI is InChI=1S/C23H21N3O3/c1-3-7-19-16(5-1)9-12-24-21(19)22-25-23(29-26-22)20-8-4-2-6-17(20)15-28-18-10-13-27-14-11-18/h1-9,12,18H,10-11,13-15H2. The molecule has 0 N–H and O–H groups in total. The van der Waals surface area contributed by atoms with Crippen molar-refractivity contribution in [3.63, 3.8) is 0 Å². The number of benzene rings is 2. The van der Waals surface area contributed by atoms with Crippen LogP contribution in [0, 0.1) is 0 Å². The number of fused-ring (bicyclic) bond motifs is 1. The van der Waals surface area contributed by atoms with Crippen molar-refractivity contribution in [3.05, 3.63) is 66.4 Å². The van der Waals surface area contributed by atoms with Gasteiger partial charge in [0.05, 0.1) is 12.7 Å². The minimum absolute atomic E-state index is 0.231. The molecular formula is C23H21N3O3. The first-order valence-electron chi connectivity index (χ1n) is 9.84. The van der Waals surface area contributed by atoms with Crippen LogP contribution in [0.4, 0.5) is 0 Å². The number of nitrogens with zero attached hydrogens (tertiary/aromatic N) is 3. The molecule has 29 heavy (non-hydrogen) atoms. The highest BCUT2D eigenvalue weighted by atomic mass is 16.5. The maximum atomic E-state index is 6.10. The van der Waals surface area contributed by atoms with Crippen LogP contribution in [0.3, 0.4) is 0 Å². The van der Waals surface area contributed by atoms with Gasteiger partial charge in [-0.2, -0.15) is 4.98 Å². The summed E-state index contributed by atoms with van der Waals surface area (Å²) in [4.78, 5) is 9.12. The molecule has 3 heterocycles. The Labute approximate surface area is 168 Å². The summed E-state index contributed by atoms with van der Waals surface area (Å²) >= 11 is 0. The maximum absolute atomic E-state index is 6.10. The molecule has 1 saturated heterocycles. The van der Waals surface area contributed by atoms with Crippen molar-refractivity contribution in [2.24, 2.45) is 0 Å². The molecule has 2 aromatic carbocycles. The molecule has 1 aliphatic heterocycles. The third kappa shape index (κ3) is 3.77. The molecule has 0 aliphatic carbocycles. The Kier molecular flexibility index (Phi) is 5.02. The van der Waals surface area contributed by atoms with Gasteiger partial charge in [0.15, 0.2) is 0 Å². The summed E-state index contributed by atoms with van der Waals surface area (Å²) in [6.45, 7) is 2.03. The zero-order valence-electron chi connectivity index (χ0n) is 16.0. The Bertz CT molecular complexity index is 1110. The molecule has 146 valence electrons. The molecule has 0 saturated carbocycles. The van der Waals surface area contributed by atoms with Crippen LogP contribution in [-0.4, -0.2) is 34.4 Å². The first-order valence-corrected chi connectivity index (χ1v) is 9.84. The molecule has 6 nitrogen and oxygen atoms in total. The smallest absolute Gasteiger partial charge is 0.258 e. The van der Waals surface area contributed by atoms with E-state index in [1.165, 1.54) is 0 Å². The molecule has 6 heteroatoms. The third-order valence-corrected chi connectivity index (χ3v) is 5.20. The van der Waals surface area contributed by atoms with Crippen molar-refractivity contribution < 1.29 is 14.0 Å². The maximum Gasteiger partial charge on any atom is 0.258 e. The van der Waals surface area contributed by atoms with Crippen LogP contribution in [0.2, 0.25) is 0 Å². The zero-order valence-corrected chi connectivity index (χ0v) is 16.0. The Morgan fingerprint density at radius 3 is 2.72 bits per heavy atom. The van der Waals surface area contributed by atoms with Crippen LogP contribution in [0.5, 0.6) is 0 Å². The van der Waals surface area contributed by atoms with Crippen LogP contribution in [0.25, 0.3) is 33.7 Å². The summed E-state index contributed by atoms with van der Waals surface area (Å²) in [6.07, 6.45) is 3.86. The predicted molar refractivity (Wildman–Crippen MR) is 109 cm³/mol. The lowest BCUT2D eigenvalue weighted by Gasteiger charge is -2.22. The highest BCUT2D eigenvalue weighted by molar-refractivity contribution is 5.92. The topological polar surface area (TPSA) is 70.3 Å². The van der Waals surface area contributed by atoms with Gasteiger partial charge in [0.1, 0.15) is 5.69 Å².